The van der Waals surface area contributed by atoms with Gasteiger partial charge in [0.1, 0.15) is 11.6 Å². The van der Waals surface area contributed by atoms with E-state index in [1.54, 1.807) is 18.3 Å². The highest BCUT2D eigenvalue weighted by Gasteiger charge is 2.33. The maximum Gasteiger partial charge on any atom is 0.225 e. The minimum atomic E-state index is -0.406. The number of aromatic nitrogens is 1. The van der Waals surface area contributed by atoms with Crippen molar-refractivity contribution >= 4 is 29.1 Å². The third kappa shape index (κ3) is 4.33. The molecular formula is C23H25ClFN3O2. The van der Waals surface area contributed by atoms with E-state index < -0.39 is 5.82 Å². The van der Waals surface area contributed by atoms with Crippen LogP contribution in [0.25, 0.3) is 0 Å². The van der Waals surface area contributed by atoms with Crippen molar-refractivity contribution in [3.05, 3.63) is 58.5 Å². The zero-order chi connectivity index (χ0) is 21.3. The highest BCUT2D eigenvalue weighted by atomic mass is 35.5. The van der Waals surface area contributed by atoms with E-state index >= 15 is 0 Å². The summed E-state index contributed by atoms with van der Waals surface area (Å²) in [4.78, 5) is 32.9. The molecule has 0 saturated carbocycles. The smallest absolute Gasteiger partial charge is 0.225 e. The Balaban J connectivity index is 1.32. The summed E-state index contributed by atoms with van der Waals surface area (Å²) in [6.45, 7) is 4.40. The molecule has 30 heavy (non-hydrogen) atoms. The summed E-state index contributed by atoms with van der Waals surface area (Å²) < 4.78 is 13.8. The Kier molecular flexibility index (Phi) is 6.04. The minimum absolute atomic E-state index is 0.00334. The highest BCUT2D eigenvalue weighted by molar-refractivity contribution is 6.30. The molecule has 2 aliphatic rings. The second kappa shape index (κ2) is 8.72. The number of Topliss-reactive ketones (excluding diaryl/α,β-unsaturated/α-hetero) is 1. The molecule has 0 N–H and O–H groups in total. The standard InChI is InChI=1S/C23H25ClFN3O2/c1-15(29)18-3-5-22(26-13-18)27-9-6-16(7-10-27)23(30)28-11-8-19(14-28)17-2-4-20(24)21(25)12-17/h2-5,12-13,16,19H,6-11,14H2,1H3/t19-/m0/s1. The monoisotopic (exact) mass is 429 g/mol. The summed E-state index contributed by atoms with van der Waals surface area (Å²) in [5.74, 6) is 0.812. The van der Waals surface area contributed by atoms with Crippen LogP contribution in [-0.2, 0) is 4.79 Å². The SMILES string of the molecule is CC(=O)c1ccc(N2CCC(C(=O)N3CC[C@H](c4ccc(Cl)c(F)c4)C3)CC2)nc1. The molecule has 0 radical (unpaired) electrons. The number of likely N-dealkylation sites (tertiary alicyclic amines) is 1. The topological polar surface area (TPSA) is 53.5 Å². The molecule has 2 aromatic rings. The van der Waals surface area contributed by atoms with Gasteiger partial charge in [-0.3, -0.25) is 9.59 Å². The number of hydrogen-bond donors (Lipinski definition) is 0. The van der Waals surface area contributed by atoms with E-state index in [0.29, 0.717) is 18.7 Å². The summed E-state index contributed by atoms with van der Waals surface area (Å²) in [5.41, 5.74) is 1.51. The fourth-order valence-corrected chi connectivity index (χ4v) is 4.51. The molecule has 0 aliphatic carbocycles. The molecule has 0 bridgehead atoms. The Hall–Kier alpha value is -2.47. The van der Waals surface area contributed by atoms with Crippen molar-refractivity contribution in [2.24, 2.45) is 5.92 Å². The number of rotatable bonds is 4. The van der Waals surface area contributed by atoms with Gasteiger partial charge in [0.15, 0.2) is 5.78 Å². The molecule has 2 saturated heterocycles. The summed E-state index contributed by atoms with van der Waals surface area (Å²) in [5, 5.41) is 0.127. The molecule has 5 nitrogen and oxygen atoms in total. The van der Waals surface area contributed by atoms with Gasteiger partial charge in [0.25, 0.3) is 0 Å². The van der Waals surface area contributed by atoms with E-state index in [-0.39, 0.29) is 28.5 Å². The Bertz CT molecular complexity index is 942. The van der Waals surface area contributed by atoms with Crippen LogP contribution in [0.2, 0.25) is 5.02 Å². The third-order valence-electron chi connectivity index (χ3n) is 6.24. The van der Waals surface area contributed by atoms with Gasteiger partial charge in [-0.15, -0.1) is 0 Å². The predicted molar refractivity (Wildman–Crippen MR) is 115 cm³/mol. The Morgan fingerprint density at radius 2 is 1.87 bits per heavy atom. The number of halogens is 2. The zero-order valence-electron chi connectivity index (χ0n) is 17.0. The van der Waals surface area contributed by atoms with Gasteiger partial charge in [0, 0.05) is 49.8 Å². The summed E-state index contributed by atoms with van der Waals surface area (Å²) >= 11 is 5.78. The van der Waals surface area contributed by atoms with Crippen molar-refractivity contribution in [2.45, 2.75) is 32.1 Å². The van der Waals surface area contributed by atoms with Crippen LogP contribution in [-0.4, -0.2) is 47.8 Å². The zero-order valence-corrected chi connectivity index (χ0v) is 17.7. The maximum atomic E-state index is 13.8. The fourth-order valence-electron chi connectivity index (χ4n) is 4.39. The van der Waals surface area contributed by atoms with Gasteiger partial charge in [-0.1, -0.05) is 17.7 Å². The number of hydrogen-bond acceptors (Lipinski definition) is 4. The second-order valence-electron chi connectivity index (χ2n) is 8.17. The summed E-state index contributed by atoms with van der Waals surface area (Å²) in [7, 11) is 0. The van der Waals surface area contributed by atoms with Crippen LogP contribution in [0.5, 0.6) is 0 Å². The number of amides is 1. The Labute approximate surface area is 180 Å². The summed E-state index contributed by atoms with van der Waals surface area (Å²) in [6.07, 6.45) is 4.02. The number of ketones is 1. The first kappa shape index (κ1) is 20.8. The number of carbonyl (C=O) groups is 2. The second-order valence-corrected chi connectivity index (χ2v) is 8.57. The largest absolute Gasteiger partial charge is 0.357 e. The first-order valence-electron chi connectivity index (χ1n) is 10.4. The van der Waals surface area contributed by atoms with Crippen molar-refractivity contribution in [2.75, 3.05) is 31.1 Å². The number of benzene rings is 1. The van der Waals surface area contributed by atoms with Gasteiger partial charge in [0.05, 0.1) is 5.02 Å². The molecule has 0 unspecified atom stereocenters. The van der Waals surface area contributed by atoms with Gasteiger partial charge in [-0.2, -0.15) is 0 Å². The van der Waals surface area contributed by atoms with Crippen LogP contribution >= 0.6 is 11.6 Å². The lowest BCUT2D eigenvalue weighted by atomic mass is 9.95. The van der Waals surface area contributed by atoms with Crippen molar-refractivity contribution < 1.29 is 14.0 Å². The minimum Gasteiger partial charge on any atom is -0.357 e. The van der Waals surface area contributed by atoms with Crippen LogP contribution in [0.3, 0.4) is 0 Å². The predicted octanol–water partition coefficient (Wildman–Crippen LogP) is 4.31. The first-order chi connectivity index (χ1) is 14.4. The molecule has 0 spiro atoms. The number of anilines is 1. The van der Waals surface area contributed by atoms with E-state index in [0.717, 1.165) is 43.7 Å². The van der Waals surface area contributed by atoms with Gasteiger partial charge in [-0.25, -0.2) is 9.37 Å². The van der Waals surface area contributed by atoms with Crippen molar-refractivity contribution in [1.82, 2.24) is 9.88 Å². The molecule has 2 aliphatic heterocycles. The molecule has 158 valence electrons. The molecular weight excluding hydrogens is 405 g/mol. The Morgan fingerprint density at radius 1 is 1.10 bits per heavy atom. The van der Waals surface area contributed by atoms with E-state index in [2.05, 4.69) is 9.88 Å². The lowest BCUT2D eigenvalue weighted by Crippen LogP contribution is -2.42. The first-order valence-corrected chi connectivity index (χ1v) is 10.8. The molecule has 1 amide bonds. The van der Waals surface area contributed by atoms with Crippen LogP contribution in [0, 0.1) is 11.7 Å². The molecule has 3 heterocycles. The molecule has 1 aromatic carbocycles. The number of carbonyl (C=O) groups excluding carboxylic acids is 2. The van der Waals surface area contributed by atoms with E-state index in [4.69, 9.17) is 11.6 Å². The molecule has 1 aromatic heterocycles. The van der Waals surface area contributed by atoms with E-state index in [9.17, 15) is 14.0 Å². The number of piperidine rings is 1. The summed E-state index contributed by atoms with van der Waals surface area (Å²) in [6, 6.07) is 8.60. The van der Waals surface area contributed by atoms with Crippen LogP contribution in [0.4, 0.5) is 10.2 Å². The maximum absolute atomic E-state index is 13.8. The lowest BCUT2D eigenvalue weighted by molar-refractivity contribution is -0.135. The quantitative estimate of drug-likeness (QED) is 0.679. The molecule has 2 fully saturated rings. The normalized spacial score (nSPS) is 19.9. The van der Waals surface area contributed by atoms with Crippen molar-refractivity contribution in [3.8, 4) is 0 Å². The highest BCUT2D eigenvalue weighted by Crippen LogP contribution is 2.32. The Morgan fingerprint density at radius 3 is 2.50 bits per heavy atom. The van der Waals surface area contributed by atoms with Gasteiger partial charge < -0.3 is 9.80 Å². The van der Waals surface area contributed by atoms with Gasteiger partial charge in [0.2, 0.25) is 5.91 Å². The fraction of sp³-hybridized carbons (Fsp3) is 0.435. The van der Waals surface area contributed by atoms with E-state index in [1.165, 1.54) is 13.0 Å². The van der Waals surface area contributed by atoms with Gasteiger partial charge >= 0.3 is 0 Å². The van der Waals surface area contributed by atoms with Crippen LogP contribution in [0.15, 0.2) is 36.5 Å². The van der Waals surface area contributed by atoms with Crippen LogP contribution < -0.4 is 4.90 Å². The average Bonchev–Trinajstić information content (AvgIpc) is 3.25. The number of nitrogens with zero attached hydrogens (tertiary/aromatic N) is 3. The lowest BCUT2D eigenvalue weighted by Gasteiger charge is -2.34. The average molecular weight is 430 g/mol. The van der Waals surface area contributed by atoms with Gasteiger partial charge in [-0.05, 0) is 56.0 Å². The van der Waals surface area contributed by atoms with Crippen molar-refractivity contribution in [1.29, 1.82) is 0 Å². The van der Waals surface area contributed by atoms with E-state index in [1.807, 2.05) is 17.0 Å². The molecule has 7 heteroatoms. The molecule has 4 rings (SSSR count). The van der Waals surface area contributed by atoms with Crippen molar-refractivity contribution in [3.63, 3.8) is 0 Å². The molecule has 1 atom stereocenters. The number of pyridine rings is 1. The van der Waals surface area contributed by atoms with Crippen LogP contribution in [0.1, 0.15) is 48.0 Å². The third-order valence-corrected chi connectivity index (χ3v) is 6.54.